The van der Waals surface area contributed by atoms with Crippen molar-refractivity contribution in [2.75, 3.05) is 38.5 Å². The van der Waals surface area contributed by atoms with Crippen LogP contribution in [0, 0.1) is 0 Å². The molecule has 19 heavy (non-hydrogen) atoms. The van der Waals surface area contributed by atoms with Crippen LogP contribution in [0.4, 0.5) is 0 Å². The highest BCUT2D eigenvalue weighted by molar-refractivity contribution is 7.89. The molecule has 0 bridgehead atoms. The maximum atomic E-state index is 12.0. The van der Waals surface area contributed by atoms with Gasteiger partial charge in [0.15, 0.2) is 6.10 Å². The van der Waals surface area contributed by atoms with Crippen molar-refractivity contribution in [1.29, 1.82) is 0 Å². The number of aliphatic carboxylic acids is 1. The molecule has 0 aromatic carbocycles. The first-order valence-corrected chi connectivity index (χ1v) is 7.61. The van der Waals surface area contributed by atoms with Gasteiger partial charge in [0.25, 0.3) is 0 Å². The van der Waals surface area contributed by atoms with Gasteiger partial charge in [0.2, 0.25) is 15.9 Å². The number of morpholine rings is 1. The number of hydrogen-bond donors (Lipinski definition) is 1. The Balaban J connectivity index is 1.95. The van der Waals surface area contributed by atoms with Crippen LogP contribution < -0.4 is 0 Å². The number of rotatable bonds is 3. The van der Waals surface area contributed by atoms with Gasteiger partial charge in [-0.25, -0.2) is 13.2 Å². The van der Waals surface area contributed by atoms with Crippen molar-refractivity contribution >= 4 is 21.9 Å². The van der Waals surface area contributed by atoms with E-state index in [9.17, 15) is 18.0 Å². The van der Waals surface area contributed by atoms with Gasteiger partial charge in [0.05, 0.1) is 25.4 Å². The Labute approximate surface area is 111 Å². The average molecular weight is 292 g/mol. The molecule has 2 saturated heterocycles. The number of sulfonamides is 1. The zero-order valence-electron chi connectivity index (χ0n) is 10.3. The fraction of sp³-hybridized carbons (Fsp3) is 0.800. The van der Waals surface area contributed by atoms with Crippen LogP contribution in [0.2, 0.25) is 0 Å². The predicted octanol–water partition coefficient (Wildman–Crippen LogP) is -1.67. The molecule has 1 unspecified atom stereocenters. The van der Waals surface area contributed by atoms with Gasteiger partial charge in [0.1, 0.15) is 0 Å². The van der Waals surface area contributed by atoms with Crippen molar-refractivity contribution in [2.45, 2.75) is 12.5 Å². The number of carbonyl (C=O) groups is 2. The minimum absolute atomic E-state index is 0.0396. The Morgan fingerprint density at radius 1 is 1.32 bits per heavy atom. The zero-order valence-corrected chi connectivity index (χ0v) is 11.1. The Morgan fingerprint density at radius 3 is 2.63 bits per heavy atom. The summed E-state index contributed by atoms with van der Waals surface area (Å²) in [6.07, 6.45) is -0.510. The molecule has 0 aliphatic carbocycles. The van der Waals surface area contributed by atoms with Gasteiger partial charge >= 0.3 is 5.97 Å². The van der Waals surface area contributed by atoms with Gasteiger partial charge in [0, 0.05) is 13.1 Å². The summed E-state index contributed by atoms with van der Waals surface area (Å²) in [6, 6.07) is 0. The molecule has 2 heterocycles. The summed E-state index contributed by atoms with van der Waals surface area (Å²) >= 11 is 0. The van der Waals surface area contributed by atoms with Crippen LogP contribution in [-0.2, 0) is 24.3 Å². The van der Waals surface area contributed by atoms with Gasteiger partial charge in [-0.1, -0.05) is 0 Å². The van der Waals surface area contributed by atoms with E-state index in [2.05, 4.69) is 0 Å². The summed E-state index contributed by atoms with van der Waals surface area (Å²) in [5, 5.41) is 8.84. The Hall–Kier alpha value is -1.19. The van der Waals surface area contributed by atoms with Crippen LogP contribution in [0.15, 0.2) is 0 Å². The molecule has 2 rings (SSSR count). The van der Waals surface area contributed by atoms with Gasteiger partial charge in [-0.15, -0.1) is 0 Å². The van der Waals surface area contributed by atoms with Crippen molar-refractivity contribution in [1.82, 2.24) is 9.21 Å². The molecule has 0 radical (unpaired) electrons. The molecule has 2 fully saturated rings. The highest BCUT2D eigenvalue weighted by atomic mass is 32.2. The third-order valence-electron chi connectivity index (χ3n) is 3.21. The predicted molar refractivity (Wildman–Crippen MR) is 63.9 cm³/mol. The van der Waals surface area contributed by atoms with E-state index in [0.29, 0.717) is 13.0 Å². The molecule has 2 aliphatic heterocycles. The van der Waals surface area contributed by atoms with Crippen LogP contribution in [-0.4, -0.2) is 79.2 Å². The first kappa shape index (κ1) is 14.2. The van der Waals surface area contributed by atoms with E-state index in [4.69, 9.17) is 9.84 Å². The molecular weight excluding hydrogens is 276 g/mol. The smallest absolute Gasteiger partial charge is 0.334 e. The van der Waals surface area contributed by atoms with E-state index in [-0.39, 0.29) is 37.9 Å². The quantitative estimate of drug-likeness (QED) is 0.667. The molecule has 8 nitrogen and oxygen atoms in total. The molecule has 1 atom stereocenters. The normalized spacial score (nSPS) is 27.4. The maximum absolute atomic E-state index is 12.0. The van der Waals surface area contributed by atoms with Gasteiger partial charge in [-0.05, 0) is 6.42 Å². The fourth-order valence-electron chi connectivity index (χ4n) is 2.14. The monoisotopic (exact) mass is 292 g/mol. The van der Waals surface area contributed by atoms with E-state index in [1.807, 2.05) is 0 Å². The molecule has 0 saturated carbocycles. The molecular formula is C10H16N2O6S. The lowest BCUT2D eigenvalue weighted by Gasteiger charge is -2.31. The van der Waals surface area contributed by atoms with Crippen molar-refractivity contribution in [2.24, 2.45) is 0 Å². The molecule has 0 spiro atoms. The lowest BCUT2D eigenvalue weighted by atomic mass is 10.2. The van der Waals surface area contributed by atoms with E-state index < -0.39 is 22.1 Å². The van der Waals surface area contributed by atoms with E-state index >= 15 is 0 Å². The minimum atomic E-state index is -3.31. The minimum Gasteiger partial charge on any atom is -0.479 e. The molecule has 2 aliphatic rings. The molecule has 1 N–H and O–H groups in total. The summed E-state index contributed by atoms with van der Waals surface area (Å²) in [7, 11) is -3.31. The lowest BCUT2D eigenvalue weighted by molar-refractivity contribution is -0.159. The molecule has 108 valence electrons. The summed E-state index contributed by atoms with van der Waals surface area (Å²) in [5.74, 6) is -1.42. The largest absolute Gasteiger partial charge is 0.479 e. The number of ether oxygens (including phenoxy) is 1. The second kappa shape index (κ2) is 5.43. The second-order valence-electron chi connectivity index (χ2n) is 4.54. The Kier molecular flexibility index (Phi) is 4.07. The van der Waals surface area contributed by atoms with Crippen LogP contribution >= 0.6 is 0 Å². The Bertz CT molecular complexity index is 476. The van der Waals surface area contributed by atoms with Crippen LogP contribution in [0.3, 0.4) is 0 Å². The summed E-state index contributed by atoms with van der Waals surface area (Å²) < 4.78 is 29.3. The van der Waals surface area contributed by atoms with Gasteiger partial charge < -0.3 is 14.7 Å². The molecule has 1 amide bonds. The van der Waals surface area contributed by atoms with Crippen molar-refractivity contribution in [3.05, 3.63) is 0 Å². The average Bonchev–Trinajstić information content (AvgIpc) is 2.69. The Morgan fingerprint density at radius 2 is 2.05 bits per heavy atom. The van der Waals surface area contributed by atoms with E-state index in [1.165, 1.54) is 4.90 Å². The number of amides is 1. The van der Waals surface area contributed by atoms with Crippen molar-refractivity contribution in [3.8, 4) is 0 Å². The van der Waals surface area contributed by atoms with Crippen LogP contribution in [0.5, 0.6) is 0 Å². The number of nitrogens with zero attached hydrogens (tertiary/aromatic N) is 2. The highest BCUT2D eigenvalue weighted by Gasteiger charge is 2.34. The summed E-state index contributed by atoms with van der Waals surface area (Å²) in [5.41, 5.74) is 0. The summed E-state index contributed by atoms with van der Waals surface area (Å²) in [6.45, 7) is 0.531. The zero-order chi connectivity index (χ0) is 14.0. The highest BCUT2D eigenvalue weighted by Crippen LogP contribution is 2.14. The SMILES string of the molecule is O=C(O)C1CN(C(=O)CN2CCCS2(=O)=O)CCO1. The third kappa shape index (κ3) is 3.23. The standard InChI is InChI=1S/C10H16N2O6S/c13-9(7-12-2-1-5-19(12,16)17)11-3-4-18-8(6-11)10(14)15/h8H,1-7H2,(H,14,15). The third-order valence-corrected chi connectivity index (χ3v) is 5.11. The summed E-state index contributed by atoms with van der Waals surface area (Å²) in [4.78, 5) is 24.1. The van der Waals surface area contributed by atoms with E-state index in [0.717, 1.165) is 4.31 Å². The van der Waals surface area contributed by atoms with Crippen LogP contribution in [0.1, 0.15) is 6.42 Å². The van der Waals surface area contributed by atoms with Gasteiger partial charge in [-0.3, -0.25) is 4.79 Å². The molecule has 9 heteroatoms. The lowest BCUT2D eigenvalue weighted by Crippen LogP contribution is -2.51. The number of carbonyl (C=O) groups excluding carboxylic acids is 1. The fourth-order valence-corrected chi connectivity index (χ4v) is 3.61. The first-order valence-electron chi connectivity index (χ1n) is 6.00. The van der Waals surface area contributed by atoms with Crippen molar-refractivity contribution < 1.29 is 27.9 Å². The van der Waals surface area contributed by atoms with E-state index in [1.54, 1.807) is 0 Å². The topological polar surface area (TPSA) is 104 Å². The first-order chi connectivity index (χ1) is 8.90. The second-order valence-corrected chi connectivity index (χ2v) is 6.63. The van der Waals surface area contributed by atoms with Crippen molar-refractivity contribution in [3.63, 3.8) is 0 Å². The van der Waals surface area contributed by atoms with Gasteiger partial charge in [-0.2, -0.15) is 4.31 Å². The number of hydrogen-bond acceptors (Lipinski definition) is 5. The molecule has 0 aromatic rings. The number of carboxylic acid groups (broad SMARTS) is 1. The molecule has 0 aromatic heterocycles. The maximum Gasteiger partial charge on any atom is 0.334 e. The van der Waals surface area contributed by atoms with Crippen LogP contribution in [0.25, 0.3) is 0 Å². The number of carboxylic acids is 1.